The van der Waals surface area contributed by atoms with Crippen molar-refractivity contribution in [1.82, 2.24) is 19.7 Å². The first-order valence-corrected chi connectivity index (χ1v) is 6.26. The van der Waals surface area contributed by atoms with Crippen LogP contribution in [0, 0.1) is 0 Å². The van der Waals surface area contributed by atoms with Crippen molar-refractivity contribution >= 4 is 37.8 Å². The van der Waals surface area contributed by atoms with Crippen LogP contribution < -0.4 is 5.32 Å². The van der Waals surface area contributed by atoms with E-state index in [4.69, 9.17) is 0 Å². The third-order valence-electron chi connectivity index (χ3n) is 1.83. The molecule has 0 fully saturated rings. The first-order valence-electron chi connectivity index (χ1n) is 4.67. The molecule has 0 spiro atoms. The van der Waals surface area contributed by atoms with Crippen molar-refractivity contribution < 1.29 is 0 Å². The molecule has 0 aliphatic carbocycles. The minimum absolute atomic E-state index is 0.590. The van der Waals surface area contributed by atoms with E-state index in [1.807, 2.05) is 13.1 Å². The Morgan fingerprint density at radius 1 is 1.38 bits per heavy atom. The maximum Gasteiger partial charge on any atom is 0.224 e. The molecule has 0 bridgehead atoms. The fourth-order valence-electron chi connectivity index (χ4n) is 1.18. The lowest BCUT2D eigenvalue weighted by molar-refractivity contribution is 0.833. The van der Waals surface area contributed by atoms with Gasteiger partial charge in [-0.25, -0.2) is 9.67 Å². The molecule has 84 valence electrons. The molecule has 2 heterocycles. The van der Waals surface area contributed by atoms with Crippen LogP contribution in [0.1, 0.15) is 6.92 Å². The van der Waals surface area contributed by atoms with Gasteiger partial charge in [-0.15, -0.1) is 0 Å². The standard InChI is InChI=1S/C9H9Br2N5/c1-2-12-9-13-4-7(11)8(15-9)16-5-6(10)3-14-16/h3-5H,2H2,1H3,(H,12,13,15). The van der Waals surface area contributed by atoms with Crippen molar-refractivity contribution in [2.24, 2.45) is 0 Å². The summed E-state index contributed by atoms with van der Waals surface area (Å²) in [6.45, 7) is 2.78. The second kappa shape index (κ2) is 4.92. The molecule has 2 rings (SSSR count). The lowest BCUT2D eigenvalue weighted by atomic mass is 10.5. The smallest absolute Gasteiger partial charge is 0.224 e. The molecule has 7 heteroatoms. The van der Waals surface area contributed by atoms with Crippen molar-refractivity contribution in [3.05, 3.63) is 27.5 Å². The monoisotopic (exact) mass is 345 g/mol. The minimum Gasteiger partial charge on any atom is -0.354 e. The largest absolute Gasteiger partial charge is 0.354 e. The van der Waals surface area contributed by atoms with Gasteiger partial charge >= 0.3 is 0 Å². The SMILES string of the molecule is CCNc1ncc(Br)c(-n2cc(Br)cn2)n1. The van der Waals surface area contributed by atoms with Crippen LogP contribution in [0.4, 0.5) is 5.95 Å². The Morgan fingerprint density at radius 2 is 2.19 bits per heavy atom. The van der Waals surface area contributed by atoms with Gasteiger partial charge in [0.25, 0.3) is 0 Å². The first kappa shape index (κ1) is 11.5. The summed E-state index contributed by atoms with van der Waals surface area (Å²) in [6, 6.07) is 0. The molecule has 2 aromatic rings. The summed E-state index contributed by atoms with van der Waals surface area (Å²) in [7, 11) is 0. The van der Waals surface area contributed by atoms with Gasteiger partial charge in [0.2, 0.25) is 5.95 Å². The van der Waals surface area contributed by atoms with Crippen LogP contribution in [0.15, 0.2) is 27.5 Å². The van der Waals surface area contributed by atoms with Crippen molar-refractivity contribution in [2.75, 3.05) is 11.9 Å². The fraction of sp³-hybridized carbons (Fsp3) is 0.222. The van der Waals surface area contributed by atoms with Gasteiger partial charge in [0.15, 0.2) is 5.82 Å². The number of halogens is 2. The Kier molecular flexibility index (Phi) is 3.55. The molecule has 0 unspecified atom stereocenters. The van der Waals surface area contributed by atoms with Gasteiger partial charge in [-0.2, -0.15) is 10.1 Å². The first-order chi connectivity index (χ1) is 7.70. The van der Waals surface area contributed by atoms with E-state index in [9.17, 15) is 0 Å². The van der Waals surface area contributed by atoms with Gasteiger partial charge in [0.05, 0.1) is 15.1 Å². The molecule has 0 atom stereocenters. The Hall–Kier alpha value is -0.950. The number of rotatable bonds is 3. The Labute approximate surface area is 110 Å². The van der Waals surface area contributed by atoms with Crippen LogP contribution >= 0.6 is 31.9 Å². The predicted molar refractivity (Wildman–Crippen MR) is 68.7 cm³/mol. The molecule has 0 amide bonds. The zero-order chi connectivity index (χ0) is 11.5. The topological polar surface area (TPSA) is 55.6 Å². The summed E-state index contributed by atoms with van der Waals surface area (Å²) < 4.78 is 3.38. The third kappa shape index (κ3) is 2.41. The molecular weight excluding hydrogens is 338 g/mol. The van der Waals surface area contributed by atoms with Crippen LogP contribution in [0.3, 0.4) is 0 Å². The highest BCUT2D eigenvalue weighted by Gasteiger charge is 2.07. The number of aromatic nitrogens is 4. The normalized spacial score (nSPS) is 10.4. The zero-order valence-corrected chi connectivity index (χ0v) is 11.7. The molecule has 0 aliphatic rings. The van der Waals surface area contributed by atoms with E-state index in [0.717, 1.165) is 15.5 Å². The second-order valence-corrected chi connectivity index (χ2v) is 4.77. The minimum atomic E-state index is 0.590. The molecule has 0 saturated heterocycles. The van der Waals surface area contributed by atoms with E-state index >= 15 is 0 Å². The molecule has 5 nitrogen and oxygen atoms in total. The van der Waals surface area contributed by atoms with E-state index in [1.54, 1.807) is 17.1 Å². The van der Waals surface area contributed by atoms with Crippen molar-refractivity contribution in [1.29, 1.82) is 0 Å². The molecule has 16 heavy (non-hydrogen) atoms. The maximum atomic E-state index is 4.36. The van der Waals surface area contributed by atoms with Crippen molar-refractivity contribution in [3.8, 4) is 5.82 Å². The lowest BCUT2D eigenvalue weighted by Crippen LogP contribution is -2.06. The highest BCUT2D eigenvalue weighted by atomic mass is 79.9. The number of anilines is 1. The lowest BCUT2D eigenvalue weighted by Gasteiger charge is -2.06. The summed E-state index contributed by atoms with van der Waals surface area (Å²) in [4.78, 5) is 8.50. The van der Waals surface area contributed by atoms with Crippen LogP contribution in [0.5, 0.6) is 0 Å². The molecular formula is C9H9Br2N5. The fourth-order valence-corrected chi connectivity index (χ4v) is 1.84. The predicted octanol–water partition coefficient (Wildman–Crippen LogP) is 2.62. The molecule has 1 N–H and O–H groups in total. The Morgan fingerprint density at radius 3 is 2.81 bits per heavy atom. The molecule has 0 radical (unpaired) electrons. The maximum absolute atomic E-state index is 4.36. The van der Waals surface area contributed by atoms with Crippen LogP contribution in [0.2, 0.25) is 0 Å². The molecule has 0 aromatic carbocycles. The Bertz CT molecular complexity index is 496. The van der Waals surface area contributed by atoms with Gasteiger partial charge < -0.3 is 5.32 Å². The summed E-state index contributed by atoms with van der Waals surface area (Å²) in [6.07, 6.45) is 5.25. The van der Waals surface area contributed by atoms with E-state index < -0.39 is 0 Å². The van der Waals surface area contributed by atoms with E-state index in [2.05, 4.69) is 52.2 Å². The highest BCUT2D eigenvalue weighted by molar-refractivity contribution is 9.10. The third-order valence-corrected chi connectivity index (χ3v) is 2.80. The van der Waals surface area contributed by atoms with Crippen LogP contribution in [-0.4, -0.2) is 26.3 Å². The average Bonchev–Trinajstić information content (AvgIpc) is 2.68. The summed E-state index contributed by atoms with van der Waals surface area (Å²) in [5.74, 6) is 1.30. The van der Waals surface area contributed by atoms with E-state index in [0.29, 0.717) is 11.8 Å². The number of hydrogen-bond donors (Lipinski definition) is 1. The molecule has 2 aromatic heterocycles. The van der Waals surface area contributed by atoms with Crippen LogP contribution in [0.25, 0.3) is 5.82 Å². The van der Waals surface area contributed by atoms with Gasteiger partial charge in [-0.1, -0.05) is 0 Å². The summed E-state index contributed by atoms with van der Waals surface area (Å²) in [5, 5.41) is 7.23. The van der Waals surface area contributed by atoms with E-state index in [1.165, 1.54) is 0 Å². The van der Waals surface area contributed by atoms with E-state index in [-0.39, 0.29) is 0 Å². The summed E-state index contributed by atoms with van der Waals surface area (Å²) in [5.41, 5.74) is 0. The number of hydrogen-bond acceptors (Lipinski definition) is 4. The van der Waals surface area contributed by atoms with Gasteiger partial charge in [0, 0.05) is 18.9 Å². The van der Waals surface area contributed by atoms with Gasteiger partial charge in [-0.05, 0) is 38.8 Å². The van der Waals surface area contributed by atoms with Gasteiger partial charge in [0.1, 0.15) is 0 Å². The van der Waals surface area contributed by atoms with Gasteiger partial charge in [-0.3, -0.25) is 0 Å². The highest BCUT2D eigenvalue weighted by Crippen LogP contribution is 2.20. The summed E-state index contributed by atoms with van der Waals surface area (Å²) >= 11 is 6.74. The number of nitrogens with one attached hydrogen (secondary N) is 1. The second-order valence-electron chi connectivity index (χ2n) is 3.00. The number of nitrogens with zero attached hydrogens (tertiary/aromatic N) is 4. The van der Waals surface area contributed by atoms with Crippen molar-refractivity contribution in [3.63, 3.8) is 0 Å². The zero-order valence-electron chi connectivity index (χ0n) is 8.48. The van der Waals surface area contributed by atoms with Crippen molar-refractivity contribution in [2.45, 2.75) is 6.92 Å². The van der Waals surface area contributed by atoms with Crippen LogP contribution in [-0.2, 0) is 0 Å². The average molecular weight is 347 g/mol. The quantitative estimate of drug-likeness (QED) is 0.928. The molecule has 0 aliphatic heterocycles. The Balaban J connectivity index is 2.42. The molecule has 0 saturated carbocycles.